The number of alkyl halides is 6. The van der Waals surface area contributed by atoms with Gasteiger partial charge in [-0.25, -0.2) is 0 Å². The number of fused-ring (bicyclic) bond motifs is 6. The highest BCUT2D eigenvalue weighted by molar-refractivity contribution is 6.14. The maximum absolute atomic E-state index is 16.2. The quantitative estimate of drug-likeness (QED) is 0.146. The summed E-state index contributed by atoms with van der Waals surface area (Å²) in [4.78, 5) is 0. The largest absolute Gasteiger partial charge is 0.417 e. The predicted molar refractivity (Wildman–Crippen MR) is 315 cm³/mol. The summed E-state index contributed by atoms with van der Waals surface area (Å²) in [5.41, 5.74) is 15.1. The molecule has 12 aromatic rings. The molecule has 0 atom stereocenters. The maximum atomic E-state index is 16.2. The van der Waals surface area contributed by atoms with E-state index in [1.165, 1.54) is 0 Å². The number of benzene rings is 10. The van der Waals surface area contributed by atoms with Crippen molar-refractivity contribution in [1.29, 1.82) is 5.26 Å². The van der Waals surface area contributed by atoms with Crippen molar-refractivity contribution in [2.45, 2.75) is 67.7 Å². The van der Waals surface area contributed by atoms with Crippen LogP contribution in [0.2, 0.25) is 0 Å². The summed E-state index contributed by atoms with van der Waals surface area (Å²) in [6, 6.07) is 56.5. The molecule has 12 rings (SSSR count). The number of hydrogen-bond acceptors (Lipinski definition) is 1. The van der Waals surface area contributed by atoms with E-state index in [4.69, 9.17) is 0 Å². The predicted octanol–water partition coefficient (Wildman–Crippen LogP) is 20.6. The molecule has 0 radical (unpaired) electrons. The van der Waals surface area contributed by atoms with E-state index in [0.29, 0.717) is 22.1 Å². The highest BCUT2D eigenvalue weighted by atomic mass is 19.4. The van der Waals surface area contributed by atoms with Crippen molar-refractivity contribution in [2.24, 2.45) is 0 Å². The first kappa shape index (κ1) is 51.6. The van der Waals surface area contributed by atoms with Crippen LogP contribution < -0.4 is 0 Å². The van der Waals surface area contributed by atoms with E-state index in [-0.39, 0.29) is 28.6 Å². The highest BCUT2D eigenvalue weighted by Crippen LogP contribution is 2.49. The highest BCUT2D eigenvalue weighted by Gasteiger charge is 2.40. The second-order valence-electron chi connectivity index (χ2n) is 21.6. The molecule has 0 unspecified atom stereocenters. The van der Waals surface area contributed by atoms with Crippen molar-refractivity contribution in [1.82, 2.24) is 9.13 Å². The lowest BCUT2D eigenvalue weighted by molar-refractivity contribution is -0.142. The fourth-order valence-electron chi connectivity index (χ4n) is 12.3. The van der Waals surface area contributed by atoms with E-state index in [2.05, 4.69) is 54.6 Å². The smallest absolute Gasteiger partial charge is 0.308 e. The molecule has 394 valence electrons. The van der Waals surface area contributed by atoms with Gasteiger partial charge in [0.05, 0.1) is 56.2 Å². The molecule has 0 aliphatic heterocycles. The van der Waals surface area contributed by atoms with Gasteiger partial charge in [0.15, 0.2) is 0 Å². The third-order valence-corrected chi connectivity index (χ3v) is 15.9. The zero-order valence-electron chi connectivity index (χ0n) is 45.4. The van der Waals surface area contributed by atoms with Crippen molar-refractivity contribution in [3.05, 3.63) is 237 Å². The second-order valence-corrected chi connectivity index (χ2v) is 21.6. The van der Waals surface area contributed by atoms with Crippen molar-refractivity contribution in [3.8, 4) is 73.1 Å². The number of hydrogen-bond donors (Lipinski definition) is 0. The van der Waals surface area contributed by atoms with Crippen LogP contribution in [-0.2, 0) is 12.4 Å². The van der Waals surface area contributed by atoms with Gasteiger partial charge in [0.2, 0.25) is 0 Å². The lowest BCUT2D eigenvalue weighted by atomic mass is 9.92. The lowest BCUT2D eigenvalue weighted by Crippen LogP contribution is -2.14. The summed E-state index contributed by atoms with van der Waals surface area (Å²) >= 11 is 0. The molecule has 0 N–H and O–H groups in total. The first-order chi connectivity index (χ1) is 38.1. The molecular formula is C71H53F6N3. The Kier molecular flexibility index (Phi) is 12.3. The Morgan fingerprint density at radius 3 is 0.925 bits per heavy atom. The molecule has 0 saturated carbocycles. The number of nitrogens with zero attached hydrogens (tertiary/aromatic N) is 3. The summed E-state index contributed by atoms with van der Waals surface area (Å²) in [7, 11) is 0. The second kappa shape index (κ2) is 19.1. The van der Waals surface area contributed by atoms with E-state index in [1.807, 2.05) is 162 Å². The molecule has 0 aliphatic carbocycles. The van der Waals surface area contributed by atoms with Crippen LogP contribution in [0.3, 0.4) is 0 Å². The fourth-order valence-corrected chi connectivity index (χ4v) is 12.3. The van der Waals surface area contributed by atoms with Crippen molar-refractivity contribution in [3.63, 3.8) is 0 Å². The molecule has 9 heteroatoms. The number of nitriles is 1. The minimum absolute atomic E-state index is 0.0228. The number of halogens is 6. The topological polar surface area (TPSA) is 33.6 Å². The van der Waals surface area contributed by atoms with Crippen LogP contribution in [0.5, 0.6) is 0 Å². The molecule has 2 heterocycles. The standard InChI is InChI=1S/C71H53F6N3/c1-39-9-18-53(43(5)27-39)48-13-22-57-58-23-14-49(54-19-10-40(2)28-44(54)6)34-64(58)79(63(57)33-48)67-31-47(38-78)32-68(69(67)61-26-17-52(70(72,73)74)37-62(61)71(75,76)77)80-65-35-50(55-20-11-41(3)29-45(55)7)15-24-59(65)60-25-16-51(36-66(60)80)56-21-12-42(4)30-46(56)8/h9-37H,1-8H3. The summed E-state index contributed by atoms with van der Waals surface area (Å²) < 4.78 is 96.8. The van der Waals surface area contributed by atoms with Crippen LogP contribution in [0.1, 0.15) is 61.2 Å². The molecule has 0 fully saturated rings. The molecule has 80 heavy (non-hydrogen) atoms. The first-order valence-corrected chi connectivity index (χ1v) is 26.5. The van der Waals surface area contributed by atoms with Crippen molar-refractivity contribution in [2.75, 3.05) is 0 Å². The zero-order valence-corrected chi connectivity index (χ0v) is 45.4. The van der Waals surface area contributed by atoms with Crippen LogP contribution in [0.25, 0.3) is 111 Å². The van der Waals surface area contributed by atoms with Crippen molar-refractivity contribution < 1.29 is 26.3 Å². The summed E-state index contributed by atoms with van der Waals surface area (Å²) in [6.07, 6.45) is -10.4. The summed E-state index contributed by atoms with van der Waals surface area (Å²) in [5.74, 6) is 0. The van der Waals surface area contributed by atoms with Gasteiger partial charge >= 0.3 is 12.4 Å². The molecule has 0 aliphatic rings. The van der Waals surface area contributed by atoms with Crippen molar-refractivity contribution >= 4 is 43.6 Å². The SMILES string of the molecule is Cc1ccc(-c2ccc3c4ccc(-c5ccc(C)cc5C)cc4n(-c4cc(C#N)cc(-n5c6cc(-c7ccc(C)cc7C)ccc6c6ccc(-c7ccc(C)cc7C)cc65)c4-c4ccc(C(F)(F)F)cc4C(F)(F)F)c3c2)c(C)c1. The molecule has 10 aromatic carbocycles. The molecule has 0 bridgehead atoms. The van der Waals surface area contributed by atoms with Gasteiger partial charge in [-0.2, -0.15) is 31.6 Å². The van der Waals surface area contributed by atoms with Gasteiger partial charge in [0.25, 0.3) is 0 Å². The Bertz CT molecular complexity index is 4150. The Balaban J connectivity index is 1.30. The Morgan fingerprint density at radius 2 is 0.650 bits per heavy atom. The maximum Gasteiger partial charge on any atom is 0.417 e. The number of rotatable bonds is 7. The van der Waals surface area contributed by atoms with Gasteiger partial charge in [0, 0.05) is 27.1 Å². The van der Waals surface area contributed by atoms with Gasteiger partial charge in [-0.3, -0.25) is 0 Å². The van der Waals surface area contributed by atoms with Crippen LogP contribution in [0, 0.1) is 66.7 Å². The van der Waals surface area contributed by atoms with E-state index in [9.17, 15) is 18.4 Å². The van der Waals surface area contributed by atoms with Gasteiger partial charge < -0.3 is 9.13 Å². The van der Waals surface area contributed by atoms with E-state index < -0.39 is 29.0 Å². The van der Waals surface area contributed by atoms with Gasteiger partial charge in [-0.05, 0) is 176 Å². The lowest BCUT2D eigenvalue weighted by Gasteiger charge is -2.24. The number of aromatic nitrogens is 2. The zero-order chi connectivity index (χ0) is 56.3. The van der Waals surface area contributed by atoms with Crippen LogP contribution >= 0.6 is 0 Å². The third-order valence-electron chi connectivity index (χ3n) is 15.9. The summed E-state index contributed by atoms with van der Waals surface area (Å²) in [5, 5.41) is 14.5. The molecule has 0 saturated heterocycles. The average molecular weight is 1060 g/mol. The van der Waals surface area contributed by atoms with Gasteiger partial charge in [-0.15, -0.1) is 0 Å². The van der Waals surface area contributed by atoms with E-state index in [1.54, 1.807) is 12.1 Å². The minimum atomic E-state index is -5.28. The minimum Gasteiger partial charge on any atom is -0.308 e. The van der Waals surface area contributed by atoms with E-state index in [0.717, 1.165) is 123 Å². The van der Waals surface area contributed by atoms with Gasteiger partial charge in [0.1, 0.15) is 0 Å². The van der Waals surface area contributed by atoms with Crippen LogP contribution in [0.4, 0.5) is 26.3 Å². The Hall–Kier alpha value is -9.13. The van der Waals surface area contributed by atoms with Gasteiger partial charge in [-0.1, -0.05) is 150 Å². The number of aryl methyl sites for hydroxylation is 8. The average Bonchev–Trinajstić information content (AvgIpc) is 2.89. The fraction of sp³-hybridized carbons (Fsp3) is 0.141. The van der Waals surface area contributed by atoms with E-state index >= 15 is 13.2 Å². The normalized spacial score (nSPS) is 12.1. The molecule has 0 amide bonds. The summed E-state index contributed by atoms with van der Waals surface area (Å²) in [6.45, 7) is 16.2. The monoisotopic (exact) mass is 1060 g/mol. The third kappa shape index (κ3) is 8.80. The molecule has 0 spiro atoms. The van der Waals surface area contributed by atoms with Crippen LogP contribution in [-0.4, -0.2) is 9.13 Å². The first-order valence-electron chi connectivity index (χ1n) is 26.5. The molecular weight excluding hydrogens is 1010 g/mol. The van der Waals surface area contributed by atoms with Crippen LogP contribution in [0.15, 0.2) is 176 Å². The Morgan fingerprint density at radius 1 is 0.338 bits per heavy atom. The Labute approximate surface area is 460 Å². The molecule has 2 aromatic heterocycles. The molecule has 3 nitrogen and oxygen atoms in total.